The number of aliphatic hydroxyl groups is 2. The van der Waals surface area contributed by atoms with Gasteiger partial charge in [0, 0.05) is 13.2 Å². The third kappa shape index (κ3) is 17.6. The van der Waals surface area contributed by atoms with Crippen LogP contribution in [-0.2, 0) is 20.2 Å². The van der Waals surface area contributed by atoms with E-state index in [1.54, 1.807) is 0 Å². The molecule has 4 N–H and O–H groups in total. The summed E-state index contributed by atoms with van der Waals surface area (Å²) in [5.74, 6) is -16.1. The lowest BCUT2D eigenvalue weighted by Gasteiger charge is -2.17. The fourth-order valence-corrected chi connectivity index (χ4v) is 1.94. The molecule has 0 bridgehead atoms. The second-order valence-corrected chi connectivity index (χ2v) is 7.56. The minimum atomic E-state index is -5.97. The Morgan fingerprint density at radius 3 is 0.793 bits per heavy atom. The number of hydrogen-bond acceptors (Lipinski definition) is 6. The predicted octanol–water partition coefficient (Wildman–Crippen LogP) is 1.50. The van der Waals surface area contributed by atoms with Crippen molar-refractivity contribution in [2.75, 3.05) is 24.7 Å². The smallest absolute Gasteiger partial charge is 0.396 e. The second kappa shape index (κ2) is 11.4. The molecule has 0 aliphatic carbocycles. The van der Waals surface area contributed by atoms with Crippen LogP contribution in [0, 0.1) is 0 Å². The fourth-order valence-electron chi connectivity index (χ4n) is 0.693. The third-order valence-electron chi connectivity index (χ3n) is 1.87. The number of halogens is 10. The highest BCUT2D eigenvalue weighted by Crippen LogP contribution is 2.36. The molecule has 180 valence electrons. The molecular weight excluding hydrogens is 490 g/mol. The largest absolute Gasteiger partial charge is 0.454 e. The second-order valence-electron chi connectivity index (χ2n) is 4.66. The van der Waals surface area contributed by atoms with Crippen molar-refractivity contribution < 1.29 is 80.1 Å². The minimum absolute atomic E-state index is 0.0938. The number of alkyl halides is 10. The normalized spacial score (nSPS) is 13.7. The Morgan fingerprint density at radius 1 is 0.552 bits per heavy atom. The molecule has 0 saturated heterocycles. The van der Waals surface area contributed by atoms with Gasteiger partial charge in [0.2, 0.25) is 0 Å². The lowest BCUT2D eigenvalue weighted by molar-refractivity contribution is -0.271. The molecule has 0 saturated carbocycles. The molecule has 0 rings (SSSR count). The van der Waals surface area contributed by atoms with Crippen LogP contribution in [0.5, 0.6) is 0 Å². The van der Waals surface area contributed by atoms with Crippen molar-refractivity contribution in [3.8, 4) is 0 Å². The SMILES string of the molecule is O=S(=O)(O)CC(F)(F)C(F)(F)F.O=S(=O)(O)CC(F)(F)C(F)(F)F.OCCCO. The minimum Gasteiger partial charge on any atom is -0.396 e. The average molecular weight is 504 g/mol. The van der Waals surface area contributed by atoms with Gasteiger partial charge in [-0.15, -0.1) is 0 Å². The Morgan fingerprint density at radius 2 is 0.759 bits per heavy atom. The van der Waals surface area contributed by atoms with E-state index in [2.05, 4.69) is 0 Å². The highest BCUT2D eigenvalue weighted by molar-refractivity contribution is 7.86. The third-order valence-corrected chi connectivity index (χ3v) is 3.33. The van der Waals surface area contributed by atoms with Crippen LogP contribution in [0.25, 0.3) is 0 Å². The molecule has 0 heterocycles. The van der Waals surface area contributed by atoms with Gasteiger partial charge in [-0.05, 0) is 6.42 Å². The van der Waals surface area contributed by atoms with Crippen LogP contribution < -0.4 is 0 Å². The van der Waals surface area contributed by atoms with E-state index in [4.69, 9.17) is 19.3 Å². The van der Waals surface area contributed by atoms with Gasteiger partial charge >= 0.3 is 24.2 Å². The number of hydrogen-bond donors (Lipinski definition) is 4. The van der Waals surface area contributed by atoms with Gasteiger partial charge in [0.05, 0.1) is 0 Å². The summed E-state index contributed by atoms with van der Waals surface area (Å²) in [7, 11) is -10.7. The Balaban J connectivity index is -0.000000380. The van der Waals surface area contributed by atoms with Gasteiger partial charge in [0.1, 0.15) is 11.5 Å². The molecular formula is C9H14F10O8S2. The molecule has 20 heteroatoms. The highest BCUT2D eigenvalue weighted by Gasteiger charge is 2.60. The molecule has 0 fully saturated rings. The van der Waals surface area contributed by atoms with Gasteiger partial charge in [-0.1, -0.05) is 0 Å². The zero-order chi connectivity index (χ0) is 24.5. The van der Waals surface area contributed by atoms with E-state index in [0.717, 1.165) is 0 Å². The summed E-state index contributed by atoms with van der Waals surface area (Å²) < 4.78 is 169. The van der Waals surface area contributed by atoms with Gasteiger partial charge in [-0.2, -0.15) is 60.7 Å². The predicted molar refractivity (Wildman–Crippen MR) is 73.6 cm³/mol. The van der Waals surface area contributed by atoms with Crippen molar-refractivity contribution in [3.05, 3.63) is 0 Å². The molecule has 0 aromatic carbocycles. The first-order chi connectivity index (χ1) is 12.3. The lowest BCUT2D eigenvalue weighted by atomic mass is 10.4. The summed E-state index contributed by atoms with van der Waals surface area (Å²) in [5.41, 5.74) is 0. The van der Waals surface area contributed by atoms with Crippen molar-refractivity contribution >= 4 is 20.2 Å². The number of rotatable bonds is 6. The Bertz CT molecular complexity index is 610. The van der Waals surface area contributed by atoms with Crippen LogP contribution >= 0.6 is 0 Å². The standard InChI is InChI=1S/2C3H3F5O3S.C3H8O2/c2*4-2(5,3(6,7)8)1-12(9,10)11;4-2-1-3-5/h2*1H2,(H,9,10,11);4-5H,1-3H2. The van der Waals surface area contributed by atoms with Crippen molar-refractivity contribution in [1.29, 1.82) is 0 Å². The molecule has 8 nitrogen and oxygen atoms in total. The van der Waals surface area contributed by atoms with Crippen molar-refractivity contribution in [2.45, 2.75) is 30.6 Å². The first kappa shape index (κ1) is 32.7. The van der Waals surface area contributed by atoms with Crippen LogP contribution in [0.2, 0.25) is 0 Å². The van der Waals surface area contributed by atoms with Gasteiger partial charge in [-0.25, -0.2) is 0 Å². The van der Waals surface area contributed by atoms with E-state index in [1.165, 1.54) is 0 Å². The van der Waals surface area contributed by atoms with E-state index in [1.807, 2.05) is 0 Å². The van der Waals surface area contributed by atoms with Crippen molar-refractivity contribution in [1.82, 2.24) is 0 Å². The average Bonchev–Trinajstić information content (AvgIpc) is 2.32. The zero-order valence-corrected chi connectivity index (χ0v) is 15.2. The van der Waals surface area contributed by atoms with Gasteiger partial charge in [-0.3, -0.25) is 9.11 Å². The van der Waals surface area contributed by atoms with Crippen LogP contribution in [0.3, 0.4) is 0 Å². The Labute approximate surface area is 156 Å². The van der Waals surface area contributed by atoms with E-state index in [0.29, 0.717) is 6.42 Å². The molecule has 0 radical (unpaired) electrons. The molecule has 0 unspecified atom stereocenters. The summed E-state index contributed by atoms with van der Waals surface area (Å²) in [5, 5.41) is 15.8. The molecule has 0 atom stereocenters. The summed E-state index contributed by atoms with van der Waals surface area (Å²) in [6.45, 7) is 0.188. The van der Waals surface area contributed by atoms with Crippen molar-refractivity contribution in [3.63, 3.8) is 0 Å². The quantitative estimate of drug-likeness (QED) is 0.314. The fraction of sp³-hybridized carbons (Fsp3) is 1.00. The molecule has 0 aliphatic heterocycles. The van der Waals surface area contributed by atoms with E-state index < -0.39 is 55.9 Å². The van der Waals surface area contributed by atoms with Gasteiger partial charge < -0.3 is 10.2 Å². The summed E-state index contributed by atoms with van der Waals surface area (Å²) in [6, 6.07) is 0. The van der Waals surface area contributed by atoms with E-state index in [9.17, 15) is 60.7 Å². The first-order valence-electron chi connectivity index (χ1n) is 6.34. The highest BCUT2D eigenvalue weighted by atomic mass is 32.2. The molecule has 0 aliphatic rings. The topological polar surface area (TPSA) is 149 Å². The maximum Gasteiger partial charge on any atom is 0.454 e. The first-order valence-corrected chi connectivity index (χ1v) is 9.56. The van der Waals surface area contributed by atoms with Crippen molar-refractivity contribution in [2.24, 2.45) is 0 Å². The van der Waals surface area contributed by atoms with Crippen LogP contribution in [-0.4, -0.2) is 85.1 Å². The molecule has 0 aromatic heterocycles. The maximum atomic E-state index is 11.8. The van der Waals surface area contributed by atoms with Gasteiger partial charge in [0.15, 0.2) is 0 Å². The molecule has 0 amide bonds. The van der Waals surface area contributed by atoms with E-state index >= 15 is 0 Å². The molecule has 0 spiro atoms. The molecule has 29 heavy (non-hydrogen) atoms. The monoisotopic (exact) mass is 504 g/mol. The Hall–Kier alpha value is -0.960. The number of aliphatic hydroxyl groups excluding tert-OH is 2. The summed E-state index contributed by atoms with van der Waals surface area (Å²) in [4.78, 5) is 0. The Kier molecular flexibility index (Phi) is 12.9. The van der Waals surface area contributed by atoms with E-state index in [-0.39, 0.29) is 13.2 Å². The zero-order valence-electron chi connectivity index (χ0n) is 13.6. The van der Waals surface area contributed by atoms with Crippen LogP contribution in [0.4, 0.5) is 43.9 Å². The summed E-state index contributed by atoms with van der Waals surface area (Å²) >= 11 is 0. The summed E-state index contributed by atoms with van der Waals surface area (Å²) in [6.07, 6.45) is -11.4. The molecule has 0 aromatic rings. The lowest BCUT2D eigenvalue weighted by Crippen LogP contribution is -2.42. The van der Waals surface area contributed by atoms with Crippen LogP contribution in [0.1, 0.15) is 6.42 Å². The van der Waals surface area contributed by atoms with Crippen LogP contribution in [0.15, 0.2) is 0 Å². The van der Waals surface area contributed by atoms with Gasteiger partial charge in [0.25, 0.3) is 20.2 Å². The maximum absolute atomic E-state index is 11.8.